The number of ether oxygens (including phenoxy) is 1. The molecular formula is C25H22O4S2. The molecule has 0 spiro atoms. The van der Waals surface area contributed by atoms with Crippen LogP contribution in [0.15, 0.2) is 135 Å². The third-order valence-corrected chi connectivity index (χ3v) is 9.96. The summed E-state index contributed by atoms with van der Waals surface area (Å²) in [6.45, 7) is 0. The van der Waals surface area contributed by atoms with Gasteiger partial charge in [-0.25, -0.2) is 3.63 Å². The molecule has 4 nitrogen and oxygen atoms in total. The Balaban J connectivity index is 2.00. The SMILES string of the molecule is COc1ccc(S(OS(=O)(=O)c2ccccc2)(c2ccccc2)c2ccccc2)cc1. The number of hydrogen-bond donors (Lipinski definition) is 0. The van der Waals surface area contributed by atoms with Crippen LogP contribution in [-0.4, -0.2) is 15.5 Å². The molecule has 0 N–H and O–H groups in total. The molecule has 0 aliphatic rings. The molecule has 4 aromatic rings. The molecule has 6 heteroatoms. The standard InChI is InChI=1S/C25H22O4S2/c1-28-21-17-19-24(20-18-21)30(22-11-5-2-6-12-22,23-13-7-3-8-14-23)29-31(26,27)25-15-9-4-10-16-25/h2-20H,1H3. The second-order valence-corrected chi connectivity index (χ2v) is 11.1. The van der Waals surface area contributed by atoms with Gasteiger partial charge in [0.15, 0.2) is 0 Å². The minimum Gasteiger partial charge on any atom is -0.497 e. The zero-order chi connectivity index (χ0) is 21.7. The van der Waals surface area contributed by atoms with E-state index in [2.05, 4.69) is 0 Å². The number of hydrogen-bond acceptors (Lipinski definition) is 4. The molecule has 0 unspecified atom stereocenters. The van der Waals surface area contributed by atoms with Crippen molar-refractivity contribution in [1.29, 1.82) is 0 Å². The van der Waals surface area contributed by atoms with E-state index in [1.165, 1.54) is 0 Å². The van der Waals surface area contributed by atoms with Crippen molar-refractivity contribution < 1.29 is 16.8 Å². The molecule has 0 aliphatic heterocycles. The Morgan fingerprint density at radius 3 is 1.32 bits per heavy atom. The summed E-state index contributed by atoms with van der Waals surface area (Å²) in [5.41, 5.74) is 0. The Morgan fingerprint density at radius 1 is 0.516 bits per heavy atom. The van der Waals surface area contributed by atoms with Gasteiger partial charge in [0.2, 0.25) is 0 Å². The van der Waals surface area contributed by atoms with E-state index in [-0.39, 0.29) is 4.90 Å². The highest BCUT2D eigenvalue weighted by Gasteiger charge is 2.38. The molecule has 0 bridgehead atoms. The first-order valence-electron chi connectivity index (χ1n) is 9.65. The Labute approximate surface area is 184 Å². The molecule has 0 aromatic heterocycles. The van der Waals surface area contributed by atoms with Crippen molar-refractivity contribution in [2.75, 3.05) is 7.11 Å². The van der Waals surface area contributed by atoms with Gasteiger partial charge in [-0.15, -0.1) is 0 Å². The molecule has 0 amide bonds. The molecule has 4 aromatic carbocycles. The largest absolute Gasteiger partial charge is 0.497 e. The zero-order valence-corrected chi connectivity index (χ0v) is 18.6. The molecule has 0 saturated heterocycles. The molecule has 0 fully saturated rings. The van der Waals surface area contributed by atoms with Crippen molar-refractivity contribution in [1.82, 2.24) is 0 Å². The predicted octanol–water partition coefficient (Wildman–Crippen LogP) is 6.30. The molecule has 158 valence electrons. The first kappa shape index (κ1) is 21.2. The molecule has 31 heavy (non-hydrogen) atoms. The van der Waals surface area contributed by atoms with Crippen LogP contribution in [0.25, 0.3) is 0 Å². The average molecular weight is 451 g/mol. The molecule has 0 atom stereocenters. The second-order valence-electron chi connectivity index (χ2n) is 6.69. The summed E-state index contributed by atoms with van der Waals surface area (Å²) >= 11 is 0. The smallest absolute Gasteiger partial charge is 0.307 e. The maximum atomic E-state index is 13.5. The van der Waals surface area contributed by atoms with Gasteiger partial charge >= 0.3 is 10.1 Å². The van der Waals surface area contributed by atoms with Crippen molar-refractivity contribution in [3.63, 3.8) is 0 Å². The molecule has 4 rings (SSSR count). The highest BCUT2D eigenvalue weighted by atomic mass is 32.3. The monoisotopic (exact) mass is 450 g/mol. The normalized spacial score (nSPS) is 12.3. The lowest BCUT2D eigenvalue weighted by Crippen LogP contribution is -2.14. The van der Waals surface area contributed by atoms with E-state index in [0.717, 1.165) is 14.7 Å². The van der Waals surface area contributed by atoms with Gasteiger partial charge in [-0.2, -0.15) is 8.42 Å². The number of benzene rings is 4. The summed E-state index contributed by atoms with van der Waals surface area (Å²) in [5.74, 6) is 0.684. The second kappa shape index (κ2) is 8.98. The van der Waals surface area contributed by atoms with Crippen LogP contribution >= 0.6 is 10.3 Å². The fourth-order valence-corrected chi connectivity index (χ4v) is 8.52. The van der Waals surface area contributed by atoms with E-state index in [4.69, 9.17) is 8.37 Å². The van der Waals surface area contributed by atoms with Gasteiger partial charge in [-0.1, -0.05) is 54.6 Å². The Kier molecular flexibility index (Phi) is 6.13. The molecule has 0 saturated carbocycles. The summed E-state index contributed by atoms with van der Waals surface area (Å²) in [4.78, 5) is 2.44. The summed E-state index contributed by atoms with van der Waals surface area (Å²) in [6.07, 6.45) is 0. The van der Waals surface area contributed by atoms with Crippen LogP contribution in [0.2, 0.25) is 0 Å². The Morgan fingerprint density at radius 2 is 0.903 bits per heavy atom. The van der Waals surface area contributed by atoms with E-state index in [1.54, 1.807) is 37.4 Å². The van der Waals surface area contributed by atoms with Gasteiger partial charge in [0.1, 0.15) is 5.75 Å². The van der Waals surface area contributed by atoms with Crippen LogP contribution < -0.4 is 4.74 Å². The van der Waals surface area contributed by atoms with Crippen molar-refractivity contribution in [2.24, 2.45) is 0 Å². The minimum atomic E-state index is -4.07. The van der Waals surface area contributed by atoms with Crippen LogP contribution in [0, 0.1) is 0 Å². The molecule has 0 heterocycles. The van der Waals surface area contributed by atoms with Crippen molar-refractivity contribution in [2.45, 2.75) is 19.6 Å². The van der Waals surface area contributed by atoms with E-state index >= 15 is 0 Å². The maximum absolute atomic E-state index is 13.5. The minimum absolute atomic E-state index is 0.118. The average Bonchev–Trinajstić information content (AvgIpc) is 2.84. The van der Waals surface area contributed by atoms with E-state index in [9.17, 15) is 8.42 Å². The van der Waals surface area contributed by atoms with Crippen molar-refractivity contribution >= 4 is 20.4 Å². The summed E-state index contributed by atoms with van der Waals surface area (Å²) in [5, 5.41) is 0. The van der Waals surface area contributed by atoms with Gasteiger partial charge in [0, 0.05) is 14.7 Å². The quantitative estimate of drug-likeness (QED) is 0.332. The lowest BCUT2D eigenvalue weighted by molar-refractivity contribution is 0.414. The first-order chi connectivity index (χ1) is 15.1. The fraction of sp³-hybridized carbons (Fsp3) is 0.0400. The molecule has 0 aliphatic carbocycles. The van der Waals surface area contributed by atoms with E-state index in [1.807, 2.05) is 84.9 Å². The Bertz CT molecular complexity index is 1190. The van der Waals surface area contributed by atoms with Gasteiger partial charge in [0.25, 0.3) is 0 Å². The zero-order valence-electron chi connectivity index (χ0n) is 16.9. The fourth-order valence-electron chi connectivity index (χ4n) is 3.28. The van der Waals surface area contributed by atoms with Crippen molar-refractivity contribution in [3.8, 4) is 5.75 Å². The highest BCUT2D eigenvalue weighted by molar-refractivity contribution is 8.33. The number of methoxy groups -OCH3 is 1. The van der Waals surface area contributed by atoms with Gasteiger partial charge in [-0.05, 0) is 71.0 Å². The Hall–Kier alpha value is -3.06. The van der Waals surface area contributed by atoms with Gasteiger partial charge in [0.05, 0.1) is 12.0 Å². The molecular weight excluding hydrogens is 428 g/mol. The van der Waals surface area contributed by atoms with Crippen LogP contribution in [0.3, 0.4) is 0 Å². The highest BCUT2D eigenvalue weighted by Crippen LogP contribution is 2.70. The first-order valence-corrected chi connectivity index (χ1v) is 12.6. The topological polar surface area (TPSA) is 52.6 Å². The van der Waals surface area contributed by atoms with Crippen LogP contribution in [0.1, 0.15) is 0 Å². The lowest BCUT2D eigenvalue weighted by Gasteiger charge is -2.39. The summed E-state index contributed by atoms with van der Waals surface area (Å²) < 4.78 is 38.5. The number of rotatable bonds is 7. The van der Waals surface area contributed by atoms with Crippen LogP contribution in [0.5, 0.6) is 5.75 Å². The summed E-state index contributed by atoms with van der Waals surface area (Å²) in [7, 11) is -5.08. The summed E-state index contributed by atoms with van der Waals surface area (Å²) in [6, 6.07) is 34.6. The molecule has 0 radical (unpaired) electrons. The maximum Gasteiger partial charge on any atom is 0.307 e. The third kappa shape index (κ3) is 4.23. The van der Waals surface area contributed by atoms with Crippen LogP contribution in [-0.2, 0) is 13.7 Å². The van der Waals surface area contributed by atoms with E-state index < -0.39 is 20.4 Å². The van der Waals surface area contributed by atoms with Crippen LogP contribution in [0.4, 0.5) is 0 Å². The van der Waals surface area contributed by atoms with Crippen molar-refractivity contribution in [3.05, 3.63) is 115 Å². The third-order valence-electron chi connectivity index (χ3n) is 4.77. The lowest BCUT2D eigenvalue weighted by atomic mass is 10.3. The predicted molar refractivity (Wildman–Crippen MR) is 123 cm³/mol. The van der Waals surface area contributed by atoms with Gasteiger partial charge in [-0.3, -0.25) is 0 Å². The van der Waals surface area contributed by atoms with E-state index in [0.29, 0.717) is 5.75 Å². The van der Waals surface area contributed by atoms with Gasteiger partial charge < -0.3 is 4.74 Å².